The van der Waals surface area contributed by atoms with Crippen LogP contribution >= 0.6 is 11.3 Å². The van der Waals surface area contributed by atoms with Gasteiger partial charge in [0.2, 0.25) is 0 Å². The number of aromatic nitrogens is 4. The van der Waals surface area contributed by atoms with Gasteiger partial charge in [-0.15, -0.1) is 11.3 Å². The van der Waals surface area contributed by atoms with E-state index in [1.165, 1.54) is 0 Å². The van der Waals surface area contributed by atoms with E-state index in [1.54, 1.807) is 28.2 Å². The molecule has 0 radical (unpaired) electrons. The smallest absolute Gasteiger partial charge is 0.266 e. The van der Waals surface area contributed by atoms with Crippen LogP contribution in [0.5, 0.6) is 0 Å². The fourth-order valence-corrected chi connectivity index (χ4v) is 4.65. The van der Waals surface area contributed by atoms with Crippen molar-refractivity contribution in [2.75, 3.05) is 13.1 Å². The third-order valence-electron chi connectivity index (χ3n) is 5.20. The Bertz CT molecular complexity index is 1010. The maximum absolute atomic E-state index is 12.3. The van der Waals surface area contributed by atoms with Crippen molar-refractivity contribution in [1.29, 1.82) is 0 Å². The minimum atomic E-state index is -0.0388. The van der Waals surface area contributed by atoms with Crippen molar-refractivity contribution in [3.05, 3.63) is 50.7 Å². The van der Waals surface area contributed by atoms with Gasteiger partial charge >= 0.3 is 0 Å². The SMILES string of the molecule is Cc1cc(CN2CCC(Cn3nc(-c4sc(C)nc4C)ccc3=O)CC2)no1. The molecule has 0 aliphatic carbocycles. The topological polar surface area (TPSA) is 77.1 Å². The molecule has 8 heteroatoms. The lowest BCUT2D eigenvalue weighted by molar-refractivity contribution is 0.160. The van der Waals surface area contributed by atoms with Crippen LogP contribution in [0.4, 0.5) is 0 Å². The van der Waals surface area contributed by atoms with Crippen LogP contribution in [0.15, 0.2) is 27.5 Å². The summed E-state index contributed by atoms with van der Waals surface area (Å²) in [6.07, 6.45) is 2.10. The Balaban J connectivity index is 1.40. The fourth-order valence-electron chi connectivity index (χ4n) is 3.76. The van der Waals surface area contributed by atoms with Crippen LogP contribution in [-0.4, -0.2) is 37.9 Å². The van der Waals surface area contributed by atoms with Crippen molar-refractivity contribution < 1.29 is 4.52 Å². The Labute approximate surface area is 168 Å². The number of rotatable bonds is 5. The average molecular weight is 400 g/mol. The van der Waals surface area contributed by atoms with Crippen LogP contribution in [0, 0.1) is 26.7 Å². The number of aryl methyl sites for hydroxylation is 3. The highest BCUT2D eigenvalue weighted by Gasteiger charge is 2.21. The molecule has 0 atom stereocenters. The van der Waals surface area contributed by atoms with Gasteiger partial charge in [-0.3, -0.25) is 9.69 Å². The predicted octanol–water partition coefficient (Wildman–Crippen LogP) is 3.19. The Kier molecular flexibility index (Phi) is 5.41. The molecule has 7 nitrogen and oxygen atoms in total. The Morgan fingerprint density at radius 3 is 2.64 bits per heavy atom. The van der Waals surface area contributed by atoms with Gasteiger partial charge in [0, 0.05) is 25.2 Å². The van der Waals surface area contributed by atoms with E-state index < -0.39 is 0 Å². The highest BCUT2D eigenvalue weighted by atomic mass is 32.1. The van der Waals surface area contributed by atoms with Crippen molar-refractivity contribution in [2.24, 2.45) is 5.92 Å². The quantitative estimate of drug-likeness (QED) is 0.656. The fraction of sp³-hybridized carbons (Fsp3) is 0.500. The van der Waals surface area contributed by atoms with Crippen LogP contribution in [0.3, 0.4) is 0 Å². The van der Waals surface area contributed by atoms with E-state index in [-0.39, 0.29) is 5.56 Å². The molecule has 1 aliphatic rings. The molecule has 1 aliphatic heterocycles. The van der Waals surface area contributed by atoms with Crippen molar-refractivity contribution in [3.8, 4) is 10.6 Å². The molecule has 0 spiro atoms. The molecule has 0 aromatic carbocycles. The van der Waals surface area contributed by atoms with E-state index in [9.17, 15) is 4.79 Å². The van der Waals surface area contributed by atoms with E-state index in [4.69, 9.17) is 4.52 Å². The molecule has 28 heavy (non-hydrogen) atoms. The van der Waals surface area contributed by atoms with Crippen LogP contribution in [-0.2, 0) is 13.1 Å². The maximum atomic E-state index is 12.3. The summed E-state index contributed by atoms with van der Waals surface area (Å²) in [5.74, 6) is 1.31. The van der Waals surface area contributed by atoms with Crippen LogP contribution in [0.2, 0.25) is 0 Å². The van der Waals surface area contributed by atoms with E-state index in [1.807, 2.05) is 26.8 Å². The molecule has 0 bridgehead atoms. The first-order valence-corrected chi connectivity index (χ1v) is 10.5. The Morgan fingerprint density at radius 1 is 1.21 bits per heavy atom. The number of thiazole rings is 1. The van der Waals surface area contributed by atoms with E-state index in [0.717, 1.165) is 65.2 Å². The summed E-state index contributed by atoms with van der Waals surface area (Å²) < 4.78 is 6.78. The second-order valence-corrected chi connectivity index (χ2v) is 8.74. The van der Waals surface area contributed by atoms with Crippen LogP contribution < -0.4 is 5.56 Å². The zero-order chi connectivity index (χ0) is 19.7. The van der Waals surface area contributed by atoms with E-state index in [0.29, 0.717) is 12.5 Å². The largest absolute Gasteiger partial charge is 0.361 e. The van der Waals surface area contributed by atoms with Gasteiger partial charge < -0.3 is 4.52 Å². The van der Waals surface area contributed by atoms with Gasteiger partial charge in [-0.05, 0) is 58.7 Å². The van der Waals surface area contributed by atoms with Gasteiger partial charge in [0.05, 0.1) is 21.3 Å². The number of hydrogen-bond acceptors (Lipinski definition) is 7. The minimum Gasteiger partial charge on any atom is -0.361 e. The summed E-state index contributed by atoms with van der Waals surface area (Å²) >= 11 is 1.62. The van der Waals surface area contributed by atoms with Crippen molar-refractivity contribution in [3.63, 3.8) is 0 Å². The van der Waals surface area contributed by atoms with Gasteiger partial charge in [-0.25, -0.2) is 9.67 Å². The molecule has 0 unspecified atom stereocenters. The second-order valence-electron chi connectivity index (χ2n) is 7.53. The predicted molar refractivity (Wildman–Crippen MR) is 108 cm³/mol. The summed E-state index contributed by atoms with van der Waals surface area (Å²) in [5, 5.41) is 9.73. The summed E-state index contributed by atoms with van der Waals surface area (Å²) in [7, 11) is 0. The molecular weight excluding hydrogens is 374 g/mol. The molecule has 4 rings (SSSR count). The van der Waals surface area contributed by atoms with Crippen LogP contribution in [0.1, 0.15) is 35.0 Å². The zero-order valence-corrected chi connectivity index (χ0v) is 17.3. The number of likely N-dealkylation sites (tertiary alicyclic amines) is 1. The van der Waals surface area contributed by atoms with Crippen molar-refractivity contribution in [2.45, 2.75) is 46.7 Å². The van der Waals surface area contributed by atoms with Gasteiger partial charge in [0.1, 0.15) is 11.5 Å². The van der Waals surface area contributed by atoms with Gasteiger partial charge in [0.15, 0.2) is 0 Å². The first-order valence-electron chi connectivity index (χ1n) is 9.65. The number of piperidine rings is 1. The third-order valence-corrected chi connectivity index (χ3v) is 6.30. The summed E-state index contributed by atoms with van der Waals surface area (Å²) in [6, 6.07) is 5.42. The molecule has 0 saturated carbocycles. The lowest BCUT2D eigenvalue weighted by Gasteiger charge is -2.31. The average Bonchev–Trinajstić information content (AvgIpc) is 3.23. The van der Waals surface area contributed by atoms with Gasteiger partial charge in [-0.2, -0.15) is 5.10 Å². The lowest BCUT2D eigenvalue weighted by atomic mass is 9.96. The molecule has 0 amide bonds. The molecule has 1 fully saturated rings. The third kappa shape index (κ3) is 4.23. The Morgan fingerprint density at radius 2 is 2.00 bits per heavy atom. The molecule has 1 saturated heterocycles. The summed E-state index contributed by atoms with van der Waals surface area (Å²) in [6.45, 7) is 9.38. The molecule has 3 aromatic rings. The second kappa shape index (κ2) is 7.97. The molecule has 148 valence electrons. The van der Waals surface area contributed by atoms with E-state index in [2.05, 4.69) is 20.1 Å². The normalized spacial score (nSPS) is 16.0. The lowest BCUT2D eigenvalue weighted by Crippen LogP contribution is -2.36. The van der Waals surface area contributed by atoms with Crippen LogP contribution in [0.25, 0.3) is 10.6 Å². The Hall–Kier alpha value is -2.32. The molecule has 4 heterocycles. The molecule has 0 N–H and O–H groups in total. The van der Waals surface area contributed by atoms with Crippen molar-refractivity contribution >= 4 is 11.3 Å². The highest BCUT2D eigenvalue weighted by Crippen LogP contribution is 2.27. The van der Waals surface area contributed by atoms with E-state index >= 15 is 0 Å². The maximum Gasteiger partial charge on any atom is 0.266 e. The van der Waals surface area contributed by atoms with Gasteiger partial charge in [-0.1, -0.05) is 5.16 Å². The van der Waals surface area contributed by atoms with Crippen molar-refractivity contribution in [1.82, 2.24) is 24.8 Å². The minimum absolute atomic E-state index is 0.0388. The highest BCUT2D eigenvalue weighted by molar-refractivity contribution is 7.15. The molecular formula is C20H25N5O2S. The number of nitrogens with zero attached hydrogens (tertiary/aromatic N) is 5. The number of hydrogen-bond donors (Lipinski definition) is 0. The summed E-state index contributed by atoms with van der Waals surface area (Å²) in [5.41, 5.74) is 2.75. The summed E-state index contributed by atoms with van der Waals surface area (Å²) in [4.78, 5) is 20.2. The first kappa shape index (κ1) is 19.0. The monoisotopic (exact) mass is 399 g/mol. The first-order chi connectivity index (χ1) is 13.5. The van der Waals surface area contributed by atoms with Gasteiger partial charge in [0.25, 0.3) is 5.56 Å². The molecule has 3 aromatic heterocycles. The zero-order valence-electron chi connectivity index (χ0n) is 16.5. The standard InChI is InChI=1S/C20H25N5O2S/c1-13-10-17(23-27-13)12-24-8-6-16(7-9-24)11-25-19(26)5-4-18(22-25)20-14(2)21-15(3)28-20/h4-5,10,16H,6-9,11-12H2,1-3H3.